The molecule has 0 atom stereocenters. The van der Waals surface area contributed by atoms with Crippen LogP contribution in [-0.4, -0.2) is 4.57 Å². The summed E-state index contributed by atoms with van der Waals surface area (Å²) in [5.74, 6) is 0.542. The fraction of sp³-hybridized carbons (Fsp3) is 0.182. The maximum absolute atomic E-state index is 2.37. The van der Waals surface area contributed by atoms with Crippen LogP contribution >= 0.6 is 0 Å². The first-order valence-electron chi connectivity index (χ1n) is 8.25. The highest BCUT2D eigenvalue weighted by atomic mass is 15.0. The molecule has 0 saturated carbocycles. The summed E-state index contributed by atoms with van der Waals surface area (Å²) in [5, 5.41) is 2.66. The van der Waals surface area contributed by atoms with Crippen molar-refractivity contribution in [1.82, 2.24) is 4.57 Å². The fourth-order valence-electron chi connectivity index (χ4n) is 3.32. The number of hydrogen-bond donors (Lipinski definition) is 0. The van der Waals surface area contributed by atoms with E-state index in [0.717, 1.165) is 0 Å². The van der Waals surface area contributed by atoms with Gasteiger partial charge in [0.25, 0.3) is 0 Å². The van der Waals surface area contributed by atoms with Crippen LogP contribution in [-0.2, 0) is 0 Å². The Kier molecular flexibility index (Phi) is 3.23. The molecule has 0 aliphatic heterocycles. The summed E-state index contributed by atoms with van der Waals surface area (Å²) < 4.78 is 2.37. The molecule has 0 N–H and O–H groups in total. The van der Waals surface area contributed by atoms with E-state index in [1.165, 1.54) is 38.6 Å². The Morgan fingerprint density at radius 2 is 1.43 bits per heavy atom. The molecule has 0 spiro atoms. The smallest absolute Gasteiger partial charge is 0.0541 e. The van der Waals surface area contributed by atoms with Crippen LogP contribution < -0.4 is 0 Å². The van der Waals surface area contributed by atoms with E-state index in [4.69, 9.17) is 0 Å². The minimum atomic E-state index is 0.542. The van der Waals surface area contributed by atoms with E-state index in [2.05, 4.69) is 92.1 Å². The van der Waals surface area contributed by atoms with Gasteiger partial charge in [-0.3, -0.25) is 0 Å². The van der Waals surface area contributed by atoms with Crippen molar-refractivity contribution < 1.29 is 0 Å². The van der Waals surface area contributed by atoms with E-state index in [1.807, 2.05) is 0 Å². The second-order valence-corrected chi connectivity index (χ2v) is 6.62. The first-order valence-corrected chi connectivity index (χ1v) is 8.25. The van der Waals surface area contributed by atoms with Gasteiger partial charge in [0.2, 0.25) is 0 Å². The Bertz CT molecular complexity index is 988. The third-order valence-electron chi connectivity index (χ3n) is 4.66. The first kappa shape index (κ1) is 14.1. The topological polar surface area (TPSA) is 4.93 Å². The molecule has 4 aromatic rings. The number of fused-ring (bicyclic) bond motifs is 3. The molecule has 0 radical (unpaired) electrons. The SMILES string of the molecule is Cc1ccc(-n2c3ccccc3c3cc(C(C)C)ccc32)cc1. The quantitative estimate of drug-likeness (QED) is 0.414. The van der Waals surface area contributed by atoms with Crippen molar-refractivity contribution in [3.05, 3.63) is 77.9 Å². The lowest BCUT2D eigenvalue weighted by atomic mass is 10.0. The predicted molar refractivity (Wildman–Crippen MR) is 99.6 cm³/mol. The molecule has 4 rings (SSSR count). The molecule has 1 nitrogen and oxygen atoms in total. The lowest BCUT2D eigenvalue weighted by Gasteiger charge is -2.09. The van der Waals surface area contributed by atoms with Crippen molar-refractivity contribution in [3.8, 4) is 5.69 Å². The number of rotatable bonds is 2. The van der Waals surface area contributed by atoms with Gasteiger partial charge in [-0.25, -0.2) is 0 Å². The molecule has 114 valence electrons. The molecule has 1 heterocycles. The Morgan fingerprint density at radius 3 is 2.17 bits per heavy atom. The second-order valence-electron chi connectivity index (χ2n) is 6.62. The predicted octanol–water partition coefficient (Wildman–Crippen LogP) is 6.22. The molecule has 3 aromatic carbocycles. The molecule has 1 heteroatoms. The van der Waals surface area contributed by atoms with Crippen LogP contribution in [0.1, 0.15) is 30.9 Å². The lowest BCUT2D eigenvalue weighted by Crippen LogP contribution is -1.94. The summed E-state index contributed by atoms with van der Waals surface area (Å²) in [6.45, 7) is 6.63. The van der Waals surface area contributed by atoms with Crippen LogP contribution in [0, 0.1) is 6.92 Å². The van der Waals surface area contributed by atoms with Crippen LogP contribution in [0.25, 0.3) is 27.5 Å². The highest BCUT2D eigenvalue weighted by Crippen LogP contribution is 2.33. The van der Waals surface area contributed by atoms with Crippen molar-refractivity contribution in [3.63, 3.8) is 0 Å². The molecule has 23 heavy (non-hydrogen) atoms. The Balaban J connectivity index is 2.11. The first-order chi connectivity index (χ1) is 11.1. The zero-order valence-electron chi connectivity index (χ0n) is 13.9. The Labute approximate surface area is 137 Å². The third-order valence-corrected chi connectivity index (χ3v) is 4.66. The van der Waals surface area contributed by atoms with Crippen LogP contribution in [0.5, 0.6) is 0 Å². The maximum Gasteiger partial charge on any atom is 0.0541 e. The van der Waals surface area contributed by atoms with E-state index in [0.29, 0.717) is 5.92 Å². The summed E-state index contributed by atoms with van der Waals surface area (Å²) in [5.41, 5.74) is 6.45. The minimum Gasteiger partial charge on any atom is -0.309 e. The summed E-state index contributed by atoms with van der Waals surface area (Å²) in [7, 11) is 0. The van der Waals surface area contributed by atoms with Crippen molar-refractivity contribution in [2.24, 2.45) is 0 Å². The van der Waals surface area contributed by atoms with E-state index in [-0.39, 0.29) is 0 Å². The fourth-order valence-corrected chi connectivity index (χ4v) is 3.32. The monoisotopic (exact) mass is 299 g/mol. The Hall–Kier alpha value is -2.54. The van der Waals surface area contributed by atoms with Crippen LogP contribution in [0.3, 0.4) is 0 Å². The third kappa shape index (κ3) is 2.24. The molecule has 0 amide bonds. The van der Waals surface area contributed by atoms with Gasteiger partial charge in [-0.05, 0) is 48.7 Å². The summed E-state index contributed by atoms with van der Waals surface area (Å²) in [6, 6.07) is 24.3. The molecule has 1 aromatic heterocycles. The molecule has 0 aliphatic rings. The van der Waals surface area contributed by atoms with Gasteiger partial charge in [-0.1, -0.05) is 55.8 Å². The average molecular weight is 299 g/mol. The number of hydrogen-bond acceptors (Lipinski definition) is 0. The van der Waals surface area contributed by atoms with Crippen LogP contribution in [0.4, 0.5) is 0 Å². The minimum absolute atomic E-state index is 0.542. The number of benzene rings is 3. The van der Waals surface area contributed by atoms with E-state index in [9.17, 15) is 0 Å². The maximum atomic E-state index is 2.37. The summed E-state index contributed by atoms with van der Waals surface area (Å²) in [4.78, 5) is 0. The largest absolute Gasteiger partial charge is 0.309 e. The van der Waals surface area contributed by atoms with Crippen molar-refractivity contribution >= 4 is 21.8 Å². The van der Waals surface area contributed by atoms with Gasteiger partial charge in [0.1, 0.15) is 0 Å². The van der Waals surface area contributed by atoms with Gasteiger partial charge < -0.3 is 4.57 Å². The van der Waals surface area contributed by atoms with Gasteiger partial charge >= 0.3 is 0 Å². The van der Waals surface area contributed by atoms with Crippen LogP contribution in [0.2, 0.25) is 0 Å². The zero-order valence-corrected chi connectivity index (χ0v) is 13.9. The van der Waals surface area contributed by atoms with Gasteiger partial charge in [0, 0.05) is 16.5 Å². The van der Waals surface area contributed by atoms with Crippen molar-refractivity contribution in [2.45, 2.75) is 26.7 Å². The normalized spacial score (nSPS) is 11.7. The average Bonchev–Trinajstić information content (AvgIpc) is 2.89. The lowest BCUT2D eigenvalue weighted by molar-refractivity contribution is 0.868. The van der Waals surface area contributed by atoms with Gasteiger partial charge in [-0.15, -0.1) is 0 Å². The number of nitrogens with zero attached hydrogens (tertiary/aromatic N) is 1. The molecule has 0 bridgehead atoms. The van der Waals surface area contributed by atoms with Crippen molar-refractivity contribution in [1.29, 1.82) is 0 Å². The van der Waals surface area contributed by atoms with Gasteiger partial charge in [0.05, 0.1) is 11.0 Å². The molecule has 0 unspecified atom stereocenters. The van der Waals surface area contributed by atoms with E-state index in [1.54, 1.807) is 0 Å². The Morgan fingerprint density at radius 1 is 0.739 bits per heavy atom. The van der Waals surface area contributed by atoms with E-state index >= 15 is 0 Å². The molecule has 0 aliphatic carbocycles. The number of para-hydroxylation sites is 1. The van der Waals surface area contributed by atoms with Crippen LogP contribution in [0.15, 0.2) is 66.7 Å². The number of aromatic nitrogens is 1. The van der Waals surface area contributed by atoms with Gasteiger partial charge in [0.15, 0.2) is 0 Å². The highest BCUT2D eigenvalue weighted by Gasteiger charge is 2.12. The standard InChI is InChI=1S/C22H21N/c1-15(2)17-10-13-22-20(14-17)19-6-4-5-7-21(19)23(22)18-11-8-16(3)9-12-18/h4-15H,1-3H3. The van der Waals surface area contributed by atoms with Crippen molar-refractivity contribution in [2.75, 3.05) is 0 Å². The molecule has 0 fully saturated rings. The molecule has 0 saturated heterocycles. The molecular formula is C22H21N. The second kappa shape index (κ2) is 5.27. The summed E-state index contributed by atoms with van der Waals surface area (Å²) >= 11 is 0. The number of aryl methyl sites for hydroxylation is 1. The van der Waals surface area contributed by atoms with Gasteiger partial charge in [-0.2, -0.15) is 0 Å². The zero-order chi connectivity index (χ0) is 16.0. The van der Waals surface area contributed by atoms with E-state index < -0.39 is 0 Å². The highest BCUT2D eigenvalue weighted by molar-refractivity contribution is 6.09. The summed E-state index contributed by atoms with van der Waals surface area (Å²) in [6.07, 6.45) is 0. The molecular weight excluding hydrogens is 278 g/mol.